The Bertz CT molecular complexity index is 477. The molecule has 5 heteroatoms. The molecule has 1 saturated carbocycles. The molecule has 1 aromatic rings. The van der Waals surface area contributed by atoms with Gasteiger partial charge in [-0.3, -0.25) is 4.79 Å². The van der Waals surface area contributed by atoms with Crippen LogP contribution in [0.4, 0.5) is 0 Å². The number of nitrogens with one attached hydrogen (secondary N) is 1. The van der Waals surface area contributed by atoms with Crippen molar-refractivity contribution in [2.24, 2.45) is 11.7 Å². The van der Waals surface area contributed by atoms with Gasteiger partial charge in [-0.15, -0.1) is 12.4 Å². The lowest BCUT2D eigenvalue weighted by molar-refractivity contribution is 0.0897. The van der Waals surface area contributed by atoms with Crippen LogP contribution in [0.5, 0.6) is 5.75 Å². The van der Waals surface area contributed by atoms with Crippen molar-refractivity contribution in [3.63, 3.8) is 0 Å². The number of ether oxygens (including phenoxy) is 1. The number of hydrogen-bond donors (Lipinski definition) is 2. The van der Waals surface area contributed by atoms with E-state index in [2.05, 4.69) is 12.2 Å². The number of amides is 1. The minimum atomic E-state index is -0.294. The van der Waals surface area contributed by atoms with Gasteiger partial charge in [-0.05, 0) is 50.3 Å². The van der Waals surface area contributed by atoms with Crippen LogP contribution in [-0.4, -0.2) is 24.6 Å². The third-order valence-corrected chi connectivity index (χ3v) is 3.87. The van der Waals surface area contributed by atoms with E-state index >= 15 is 0 Å². The quantitative estimate of drug-likeness (QED) is 0.813. The zero-order chi connectivity index (χ0) is 14.6. The number of halogens is 1. The highest BCUT2D eigenvalue weighted by Gasteiger charge is 2.41. The predicted molar refractivity (Wildman–Crippen MR) is 87.1 cm³/mol. The predicted octanol–water partition coefficient (Wildman–Crippen LogP) is 2.75. The summed E-state index contributed by atoms with van der Waals surface area (Å²) in [4.78, 5) is 12.4. The molecule has 0 radical (unpaired) electrons. The maximum absolute atomic E-state index is 12.4. The zero-order valence-corrected chi connectivity index (χ0v) is 13.5. The summed E-state index contributed by atoms with van der Waals surface area (Å²) in [6.07, 6.45) is 3.24. The molecule has 1 aliphatic carbocycles. The molecule has 1 amide bonds. The Labute approximate surface area is 132 Å². The van der Waals surface area contributed by atoms with Crippen molar-refractivity contribution < 1.29 is 9.53 Å². The zero-order valence-electron chi connectivity index (χ0n) is 12.7. The maximum Gasteiger partial charge on any atom is 0.251 e. The number of hydrogen-bond acceptors (Lipinski definition) is 3. The van der Waals surface area contributed by atoms with E-state index in [0.29, 0.717) is 24.6 Å². The smallest absolute Gasteiger partial charge is 0.251 e. The monoisotopic (exact) mass is 312 g/mol. The van der Waals surface area contributed by atoms with Crippen LogP contribution in [0.25, 0.3) is 0 Å². The van der Waals surface area contributed by atoms with Gasteiger partial charge in [0.1, 0.15) is 5.75 Å². The van der Waals surface area contributed by atoms with Crippen molar-refractivity contribution in [3.8, 4) is 5.75 Å². The molecular formula is C16H25ClN2O2. The Morgan fingerprint density at radius 3 is 2.76 bits per heavy atom. The maximum atomic E-state index is 12.4. The molecule has 1 aliphatic rings. The van der Waals surface area contributed by atoms with Gasteiger partial charge in [0.25, 0.3) is 5.91 Å². The summed E-state index contributed by atoms with van der Waals surface area (Å²) in [5.74, 6) is 1.17. The molecule has 0 saturated heterocycles. The molecule has 0 aromatic heterocycles. The molecule has 1 atom stereocenters. The van der Waals surface area contributed by atoms with Crippen LogP contribution in [-0.2, 0) is 0 Å². The number of nitrogens with two attached hydrogens (primary N) is 1. The van der Waals surface area contributed by atoms with Gasteiger partial charge in [-0.2, -0.15) is 0 Å². The molecule has 3 N–H and O–H groups in total. The lowest BCUT2D eigenvalue weighted by atomic mass is 9.95. The van der Waals surface area contributed by atoms with Crippen molar-refractivity contribution in [1.82, 2.24) is 5.32 Å². The van der Waals surface area contributed by atoms with Crippen molar-refractivity contribution >= 4 is 18.3 Å². The van der Waals surface area contributed by atoms with E-state index in [-0.39, 0.29) is 23.9 Å². The van der Waals surface area contributed by atoms with Crippen LogP contribution in [0, 0.1) is 5.92 Å². The number of rotatable bonds is 7. The molecule has 0 bridgehead atoms. The van der Waals surface area contributed by atoms with Crippen LogP contribution >= 0.6 is 12.4 Å². The Balaban J connectivity index is 0.00000220. The Morgan fingerprint density at radius 1 is 1.48 bits per heavy atom. The second-order valence-corrected chi connectivity index (χ2v) is 5.73. The van der Waals surface area contributed by atoms with Crippen molar-refractivity contribution in [2.45, 2.75) is 38.6 Å². The molecule has 0 heterocycles. The van der Waals surface area contributed by atoms with E-state index in [1.54, 1.807) is 12.1 Å². The van der Waals surface area contributed by atoms with Gasteiger partial charge < -0.3 is 15.8 Å². The summed E-state index contributed by atoms with van der Waals surface area (Å²) >= 11 is 0. The number of benzene rings is 1. The Kier molecular flexibility index (Phi) is 6.49. The first-order valence-electron chi connectivity index (χ1n) is 7.34. The van der Waals surface area contributed by atoms with Gasteiger partial charge in [0.05, 0.1) is 12.1 Å². The molecule has 118 valence electrons. The third-order valence-electron chi connectivity index (χ3n) is 3.87. The minimum Gasteiger partial charge on any atom is -0.494 e. The summed E-state index contributed by atoms with van der Waals surface area (Å²) in [6, 6.07) is 7.30. The standard InChI is InChI=1S/C16H24N2O2.ClH/c1-3-9-20-14-6-4-5-12(10-14)15(19)18-16(2,11-17)13-7-8-13;/h4-6,10,13H,3,7-9,11,17H2,1-2H3,(H,18,19);1H. The molecule has 4 nitrogen and oxygen atoms in total. The van der Waals surface area contributed by atoms with Crippen LogP contribution in [0.15, 0.2) is 24.3 Å². The minimum absolute atomic E-state index is 0. The topological polar surface area (TPSA) is 64.3 Å². The largest absolute Gasteiger partial charge is 0.494 e. The highest BCUT2D eigenvalue weighted by Crippen LogP contribution is 2.39. The Morgan fingerprint density at radius 2 is 2.19 bits per heavy atom. The Hall–Kier alpha value is -1.26. The fraction of sp³-hybridized carbons (Fsp3) is 0.562. The van der Waals surface area contributed by atoms with Gasteiger partial charge in [-0.25, -0.2) is 0 Å². The molecule has 0 aliphatic heterocycles. The van der Waals surface area contributed by atoms with Crippen LogP contribution < -0.4 is 15.8 Å². The van der Waals surface area contributed by atoms with Crippen molar-refractivity contribution in [2.75, 3.05) is 13.2 Å². The fourth-order valence-electron chi connectivity index (χ4n) is 2.32. The lowest BCUT2D eigenvalue weighted by Gasteiger charge is -2.29. The molecule has 21 heavy (non-hydrogen) atoms. The van der Waals surface area contributed by atoms with E-state index in [1.807, 2.05) is 19.1 Å². The average molecular weight is 313 g/mol. The van der Waals surface area contributed by atoms with Gasteiger partial charge in [0, 0.05) is 12.1 Å². The SMILES string of the molecule is CCCOc1cccc(C(=O)NC(C)(CN)C2CC2)c1.Cl. The first kappa shape index (κ1) is 17.8. The van der Waals surface area contributed by atoms with Gasteiger partial charge in [0.15, 0.2) is 0 Å². The van der Waals surface area contributed by atoms with Crippen molar-refractivity contribution in [3.05, 3.63) is 29.8 Å². The highest BCUT2D eigenvalue weighted by molar-refractivity contribution is 5.95. The van der Waals surface area contributed by atoms with E-state index in [1.165, 1.54) is 0 Å². The summed E-state index contributed by atoms with van der Waals surface area (Å²) in [7, 11) is 0. The summed E-state index contributed by atoms with van der Waals surface area (Å²) in [6.45, 7) is 5.21. The molecule has 2 rings (SSSR count). The fourth-order valence-corrected chi connectivity index (χ4v) is 2.32. The van der Waals surface area contributed by atoms with Gasteiger partial charge in [0.2, 0.25) is 0 Å². The normalized spacial score (nSPS) is 16.5. The second kappa shape index (κ2) is 7.66. The molecule has 1 aromatic carbocycles. The highest BCUT2D eigenvalue weighted by atomic mass is 35.5. The van der Waals surface area contributed by atoms with E-state index < -0.39 is 0 Å². The molecular weight excluding hydrogens is 288 g/mol. The van der Waals surface area contributed by atoms with Crippen LogP contribution in [0.3, 0.4) is 0 Å². The second-order valence-electron chi connectivity index (χ2n) is 5.73. The number of carbonyl (C=O) groups is 1. The average Bonchev–Trinajstić information content (AvgIpc) is 3.30. The summed E-state index contributed by atoms with van der Waals surface area (Å²) in [5, 5.41) is 3.09. The summed E-state index contributed by atoms with van der Waals surface area (Å²) < 4.78 is 5.56. The van der Waals surface area contributed by atoms with Crippen LogP contribution in [0.1, 0.15) is 43.5 Å². The van der Waals surface area contributed by atoms with Crippen LogP contribution in [0.2, 0.25) is 0 Å². The third kappa shape index (κ3) is 4.61. The van der Waals surface area contributed by atoms with E-state index in [0.717, 1.165) is 25.0 Å². The first-order valence-corrected chi connectivity index (χ1v) is 7.34. The van der Waals surface area contributed by atoms with Gasteiger partial charge >= 0.3 is 0 Å². The van der Waals surface area contributed by atoms with Crippen molar-refractivity contribution in [1.29, 1.82) is 0 Å². The van der Waals surface area contributed by atoms with Gasteiger partial charge in [-0.1, -0.05) is 13.0 Å². The lowest BCUT2D eigenvalue weighted by Crippen LogP contribution is -2.53. The number of carbonyl (C=O) groups excluding carboxylic acids is 1. The molecule has 0 spiro atoms. The van der Waals surface area contributed by atoms with E-state index in [4.69, 9.17) is 10.5 Å². The molecule has 1 unspecified atom stereocenters. The first-order chi connectivity index (χ1) is 9.59. The molecule has 1 fully saturated rings. The van der Waals surface area contributed by atoms with E-state index in [9.17, 15) is 4.79 Å². The summed E-state index contributed by atoms with van der Waals surface area (Å²) in [5.41, 5.74) is 6.16.